The molecule has 1 aromatic carbocycles. The van der Waals surface area contributed by atoms with Crippen molar-refractivity contribution in [3.05, 3.63) is 54.4 Å². The summed E-state index contributed by atoms with van der Waals surface area (Å²) in [7, 11) is 3.48. The Morgan fingerprint density at radius 3 is 2.95 bits per heavy atom. The molecule has 0 aliphatic heterocycles. The van der Waals surface area contributed by atoms with Gasteiger partial charge in [-0.05, 0) is 18.2 Å². The molecule has 1 aromatic heterocycles. The minimum Gasteiger partial charge on any atom is -0.381 e. The molecule has 20 heavy (non-hydrogen) atoms. The van der Waals surface area contributed by atoms with Crippen LogP contribution < -0.4 is 5.32 Å². The van der Waals surface area contributed by atoms with E-state index in [4.69, 9.17) is 0 Å². The van der Waals surface area contributed by atoms with Gasteiger partial charge in [0.1, 0.15) is 0 Å². The van der Waals surface area contributed by atoms with Crippen molar-refractivity contribution in [2.75, 3.05) is 19.4 Å². The summed E-state index contributed by atoms with van der Waals surface area (Å²) in [6.45, 7) is 4.29. The van der Waals surface area contributed by atoms with Crippen LogP contribution in [-0.4, -0.2) is 34.7 Å². The summed E-state index contributed by atoms with van der Waals surface area (Å²) in [6, 6.07) is 7.46. The average Bonchev–Trinajstić information content (AvgIpc) is 2.92. The van der Waals surface area contributed by atoms with Crippen molar-refractivity contribution in [2.45, 2.75) is 6.54 Å². The fraction of sp³-hybridized carbons (Fsp3) is 0.200. The molecule has 1 heterocycles. The molecule has 0 fully saturated rings. The Hall–Kier alpha value is -2.56. The smallest absolute Gasteiger partial charge is 0.253 e. The first kappa shape index (κ1) is 13.9. The van der Waals surface area contributed by atoms with Gasteiger partial charge in [-0.2, -0.15) is 5.10 Å². The number of hydrogen-bond acceptors (Lipinski definition) is 3. The van der Waals surface area contributed by atoms with Gasteiger partial charge in [0.05, 0.1) is 6.20 Å². The molecular formula is C15H18N4O. The van der Waals surface area contributed by atoms with E-state index in [9.17, 15) is 4.79 Å². The summed E-state index contributed by atoms with van der Waals surface area (Å²) in [5, 5.41) is 7.39. The Morgan fingerprint density at radius 2 is 2.30 bits per heavy atom. The Bertz CT molecular complexity index is 616. The van der Waals surface area contributed by atoms with Crippen molar-refractivity contribution in [1.29, 1.82) is 0 Å². The van der Waals surface area contributed by atoms with Gasteiger partial charge in [-0.25, -0.2) is 4.68 Å². The fourth-order valence-electron chi connectivity index (χ4n) is 1.79. The van der Waals surface area contributed by atoms with E-state index >= 15 is 0 Å². The van der Waals surface area contributed by atoms with Crippen LogP contribution in [0.5, 0.6) is 0 Å². The Balaban J connectivity index is 2.04. The van der Waals surface area contributed by atoms with Gasteiger partial charge in [-0.3, -0.25) is 4.79 Å². The SMILES string of the molecule is C=Cn1cc(CNc2cccc(C(=O)N(C)C)c2)cn1. The molecule has 104 valence electrons. The lowest BCUT2D eigenvalue weighted by Gasteiger charge is -2.11. The first-order chi connectivity index (χ1) is 9.60. The molecule has 1 N–H and O–H groups in total. The van der Waals surface area contributed by atoms with E-state index < -0.39 is 0 Å². The van der Waals surface area contributed by atoms with Crippen LogP contribution >= 0.6 is 0 Å². The minimum absolute atomic E-state index is 0.00636. The molecule has 0 bridgehead atoms. The van der Waals surface area contributed by atoms with Gasteiger partial charge in [0.25, 0.3) is 5.91 Å². The quantitative estimate of drug-likeness (QED) is 0.907. The number of carbonyl (C=O) groups excluding carboxylic acids is 1. The molecule has 5 nitrogen and oxygen atoms in total. The number of nitrogens with one attached hydrogen (secondary N) is 1. The second-order valence-electron chi connectivity index (χ2n) is 4.65. The van der Waals surface area contributed by atoms with Crippen LogP contribution in [0.3, 0.4) is 0 Å². The molecule has 0 atom stereocenters. The van der Waals surface area contributed by atoms with E-state index in [1.54, 1.807) is 36.1 Å². The monoisotopic (exact) mass is 270 g/mol. The maximum atomic E-state index is 11.9. The van der Waals surface area contributed by atoms with Crippen LogP contribution in [-0.2, 0) is 6.54 Å². The summed E-state index contributed by atoms with van der Waals surface area (Å²) in [5.74, 6) is -0.00636. The molecule has 0 aliphatic carbocycles. The topological polar surface area (TPSA) is 50.2 Å². The van der Waals surface area contributed by atoms with Crippen LogP contribution in [0.4, 0.5) is 5.69 Å². The van der Waals surface area contributed by atoms with Crippen molar-refractivity contribution in [3.63, 3.8) is 0 Å². The normalized spacial score (nSPS) is 10.1. The third kappa shape index (κ3) is 3.26. The molecule has 2 rings (SSSR count). The predicted molar refractivity (Wildman–Crippen MR) is 80.4 cm³/mol. The van der Waals surface area contributed by atoms with E-state index in [0.717, 1.165) is 11.3 Å². The van der Waals surface area contributed by atoms with Crippen molar-refractivity contribution >= 4 is 17.8 Å². The maximum absolute atomic E-state index is 11.9. The average molecular weight is 270 g/mol. The highest BCUT2D eigenvalue weighted by molar-refractivity contribution is 5.94. The number of amides is 1. The number of hydrogen-bond donors (Lipinski definition) is 1. The van der Waals surface area contributed by atoms with Gasteiger partial charge in [0, 0.05) is 49.9 Å². The number of aromatic nitrogens is 2. The Kier molecular flexibility index (Phi) is 4.20. The maximum Gasteiger partial charge on any atom is 0.253 e. The van der Waals surface area contributed by atoms with Crippen molar-refractivity contribution in [2.24, 2.45) is 0 Å². The number of carbonyl (C=O) groups is 1. The highest BCUT2D eigenvalue weighted by Gasteiger charge is 2.08. The van der Waals surface area contributed by atoms with Crippen molar-refractivity contribution in [1.82, 2.24) is 14.7 Å². The molecule has 0 aliphatic rings. The summed E-state index contributed by atoms with van der Waals surface area (Å²) in [6.07, 6.45) is 5.32. The van der Waals surface area contributed by atoms with Crippen molar-refractivity contribution < 1.29 is 4.79 Å². The molecule has 0 radical (unpaired) electrons. The Morgan fingerprint density at radius 1 is 1.50 bits per heavy atom. The largest absolute Gasteiger partial charge is 0.381 e. The van der Waals surface area contributed by atoms with Gasteiger partial charge in [0.2, 0.25) is 0 Å². The van der Waals surface area contributed by atoms with E-state index in [-0.39, 0.29) is 5.91 Å². The predicted octanol–water partition coefficient (Wildman–Crippen LogP) is 2.30. The molecule has 0 unspecified atom stereocenters. The Labute approximate surface area is 118 Å². The van der Waals surface area contributed by atoms with E-state index in [0.29, 0.717) is 12.1 Å². The lowest BCUT2D eigenvalue weighted by molar-refractivity contribution is 0.0827. The first-order valence-corrected chi connectivity index (χ1v) is 6.31. The zero-order chi connectivity index (χ0) is 14.5. The van der Waals surface area contributed by atoms with Crippen LogP contribution in [0.15, 0.2) is 43.2 Å². The van der Waals surface area contributed by atoms with Crippen LogP contribution in [0, 0.1) is 0 Å². The second-order valence-corrected chi connectivity index (χ2v) is 4.65. The number of benzene rings is 1. The highest BCUT2D eigenvalue weighted by Crippen LogP contribution is 2.13. The standard InChI is InChI=1S/C15H18N4O/c1-4-19-11-12(10-17-19)9-16-14-7-5-6-13(8-14)15(20)18(2)3/h4-8,10-11,16H,1,9H2,2-3H3. The summed E-state index contributed by atoms with van der Waals surface area (Å²) in [5.41, 5.74) is 2.63. The third-order valence-electron chi connectivity index (χ3n) is 2.85. The van der Waals surface area contributed by atoms with E-state index in [1.807, 2.05) is 30.5 Å². The molecule has 0 saturated heterocycles. The highest BCUT2D eigenvalue weighted by atomic mass is 16.2. The third-order valence-corrected chi connectivity index (χ3v) is 2.85. The second kappa shape index (κ2) is 6.06. The zero-order valence-corrected chi connectivity index (χ0v) is 11.7. The minimum atomic E-state index is -0.00636. The molecule has 0 saturated carbocycles. The van der Waals surface area contributed by atoms with Gasteiger partial charge >= 0.3 is 0 Å². The summed E-state index contributed by atoms with van der Waals surface area (Å²) in [4.78, 5) is 13.4. The van der Waals surface area contributed by atoms with Crippen molar-refractivity contribution in [3.8, 4) is 0 Å². The molecule has 0 spiro atoms. The molecule has 2 aromatic rings. The lowest BCUT2D eigenvalue weighted by atomic mass is 10.2. The molecule has 1 amide bonds. The molecule has 5 heteroatoms. The zero-order valence-electron chi connectivity index (χ0n) is 11.7. The lowest BCUT2D eigenvalue weighted by Crippen LogP contribution is -2.21. The fourth-order valence-corrected chi connectivity index (χ4v) is 1.79. The van der Waals surface area contributed by atoms with Gasteiger partial charge in [-0.15, -0.1) is 0 Å². The number of anilines is 1. The van der Waals surface area contributed by atoms with E-state index in [1.165, 1.54) is 0 Å². The summed E-state index contributed by atoms with van der Waals surface area (Å²) < 4.78 is 1.66. The van der Waals surface area contributed by atoms with E-state index in [2.05, 4.69) is 17.0 Å². The first-order valence-electron chi connectivity index (χ1n) is 6.31. The van der Waals surface area contributed by atoms with Crippen LogP contribution in [0.2, 0.25) is 0 Å². The van der Waals surface area contributed by atoms with Gasteiger partial charge < -0.3 is 10.2 Å². The number of rotatable bonds is 5. The van der Waals surface area contributed by atoms with Crippen LogP contribution in [0.25, 0.3) is 6.20 Å². The van der Waals surface area contributed by atoms with Gasteiger partial charge in [-0.1, -0.05) is 12.6 Å². The molecular weight excluding hydrogens is 252 g/mol. The summed E-state index contributed by atoms with van der Waals surface area (Å²) >= 11 is 0. The number of nitrogens with zero attached hydrogens (tertiary/aromatic N) is 3. The van der Waals surface area contributed by atoms with Gasteiger partial charge in [0.15, 0.2) is 0 Å². The van der Waals surface area contributed by atoms with Crippen LogP contribution in [0.1, 0.15) is 15.9 Å².